The summed E-state index contributed by atoms with van der Waals surface area (Å²) in [6.45, 7) is 1.47. The molecule has 0 aliphatic heterocycles. The third-order valence-corrected chi connectivity index (χ3v) is 4.73. The van der Waals surface area contributed by atoms with Crippen molar-refractivity contribution in [2.24, 2.45) is 4.99 Å². The maximum atomic E-state index is 5.55. The van der Waals surface area contributed by atoms with Gasteiger partial charge in [0.05, 0.1) is 20.3 Å². The van der Waals surface area contributed by atoms with Gasteiger partial charge in [-0.15, -0.1) is 24.0 Å². The lowest BCUT2D eigenvalue weighted by atomic mass is 10.0. The summed E-state index contributed by atoms with van der Waals surface area (Å²) in [5.74, 6) is 2.60. The molecule has 0 bridgehead atoms. The van der Waals surface area contributed by atoms with Gasteiger partial charge in [-0.2, -0.15) is 0 Å². The Morgan fingerprint density at radius 1 is 1.00 bits per heavy atom. The summed E-state index contributed by atoms with van der Waals surface area (Å²) in [6, 6.07) is 16.4. The molecule has 7 heteroatoms. The van der Waals surface area contributed by atoms with Gasteiger partial charge in [-0.3, -0.25) is 4.99 Å². The molecule has 2 rings (SSSR count). The Bertz CT molecular complexity index is 766. The third kappa shape index (κ3) is 7.08. The highest BCUT2D eigenvalue weighted by molar-refractivity contribution is 14.0. The molecule has 0 aromatic heterocycles. The van der Waals surface area contributed by atoms with Gasteiger partial charge in [-0.05, 0) is 37.9 Å². The van der Waals surface area contributed by atoms with Crippen molar-refractivity contribution in [2.45, 2.75) is 12.6 Å². The van der Waals surface area contributed by atoms with Crippen molar-refractivity contribution in [3.8, 4) is 11.5 Å². The molecule has 0 saturated heterocycles. The van der Waals surface area contributed by atoms with Crippen molar-refractivity contribution < 1.29 is 9.47 Å². The molecule has 2 aromatic rings. The van der Waals surface area contributed by atoms with Crippen molar-refractivity contribution in [1.29, 1.82) is 0 Å². The zero-order valence-electron chi connectivity index (χ0n) is 18.2. The number of ether oxygens (including phenoxy) is 2. The maximum absolute atomic E-state index is 5.55. The second-order valence-electron chi connectivity index (χ2n) is 6.85. The quantitative estimate of drug-likeness (QED) is 0.333. The van der Waals surface area contributed by atoms with E-state index in [1.54, 1.807) is 21.3 Å². The SMILES string of the molecule is CN=C(NCC(c1ccccc1OC)N(C)C)N(C)Cc1ccc(OC)cc1.I. The molecule has 0 spiro atoms. The minimum absolute atomic E-state index is 0. The fourth-order valence-corrected chi connectivity index (χ4v) is 3.16. The second kappa shape index (κ2) is 12.5. The van der Waals surface area contributed by atoms with Crippen LogP contribution in [0.5, 0.6) is 11.5 Å². The number of benzene rings is 2. The number of likely N-dealkylation sites (N-methyl/N-ethyl adjacent to an activating group) is 1. The number of aliphatic imine (C=N–C) groups is 1. The summed E-state index contributed by atoms with van der Waals surface area (Å²) in [4.78, 5) is 8.73. The zero-order valence-corrected chi connectivity index (χ0v) is 20.5. The van der Waals surface area contributed by atoms with Gasteiger partial charge in [0.15, 0.2) is 5.96 Å². The number of methoxy groups -OCH3 is 2. The monoisotopic (exact) mass is 512 g/mol. The highest BCUT2D eigenvalue weighted by Gasteiger charge is 2.19. The molecule has 0 amide bonds. The molecule has 0 aliphatic rings. The lowest BCUT2D eigenvalue weighted by molar-refractivity contribution is 0.285. The van der Waals surface area contributed by atoms with Crippen molar-refractivity contribution in [3.05, 3.63) is 59.7 Å². The Labute approximate surface area is 191 Å². The summed E-state index contributed by atoms with van der Waals surface area (Å²) in [7, 11) is 11.4. The van der Waals surface area contributed by atoms with Crippen LogP contribution in [0.3, 0.4) is 0 Å². The lowest BCUT2D eigenvalue weighted by Gasteiger charge is -2.29. The van der Waals surface area contributed by atoms with E-state index in [9.17, 15) is 0 Å². The van der Waals surface area contributed by atoms with Crippen molar-refractivity contribution in [3.63, 3.8) is 0 Å². The summed E-state index contributed by atoms with van der Waals surface area (Å²) >= 11 is 0. The van der Waals surface area contributed by atoms with E-state index in [0.717, 1.165) is 29.6 Å². The van der Waals surface area contributed by atoms with E-state index < -0.39 is 0 Å². The standard InChI is InChI=1S/C22H32N4O2.HI/c1-23-22(26(4)16-17-11-13-18(27-5)14-12-17)24-15-20(25(2)3)19-9-7-8-10-21(19)28-6;/h7-14,20H,15-16H2,1-6H3,(H,23,24);1H. The maximum Gasteiger partial charge on any atom is 0.193 e. The highest BCUT2D eigenvalue weighted by atomic mass is 127. The molecule has 160 valence electrons. The van der Waals surface area contributed by atoms with Crippen molar-refractivity contribution in [1.82, 2.24) is 15.1 Å². The first kappa shape index (κ1) is 25.0. The van der Waals surface area contributed by atoms with Gasteiger partial charge in [-0.25, -0.2) is 0 Å². The van der Waals surface area contributed by atoms with Gasteiger partial charge in [0.25, 0.3) is 0 Å². The molecular weight excluding hydrogens is 479 g/mol. The van der Waals surface area contributed by atoms with Crippen LogP contribution in [0.25, 0.3) is 0 Å². The van der Waals surface area contributed by atoms with Crippen molar-refractivity contribution >= 4 is 29.9 Å². The van der Waals surface area contributed by atoms with Crippen LogP contribution in [0.15, 0.2) is 53.5 Å². The summed E-state index contributed by atoms with van der Waals surface area (Å²) < 4.78 is 10.8. The van der Waals surface area contributed by atoms with Gasteiger partial charge in [-0.1, -0.05) is 30.3 Å². The minimum atomic E-state index is 0. The van der Waals surface area contributed by atoms with Gasteiger partial charge in [0.2, 0.25) is 0 Å². The van der Waals surface area contributed by atoms with Crippen LogP contribution in [0.1, 0.15) is 17.2 Å². The first-order chi connectivity index (χ1) is 13.5. The van der Waals surface area contributed by atoms with E-state index in [1.807, 2.05) is 37.4 Å². The Kier molecular flexibility index (Phi) is 10.8. The molecule has 0 radical (unpaired) electrons. The number of nitrogens with one attached hydrogen (secondary N) is 1. The first-order valence-electron chi connectivity index (χ1n) is 9.34. The number of para-hydroxylation sites is 1. The average molecular weight is 512 g/mol. The molecule has 29 heavy (non-hydrogen) atoms. The predicted molar refractivity (Wildman–Crippen MR) is 131 cm³/mol. The van der Waals surface area contributed by atoms with Crippen LogP contribution in [0, 0.1) is 0 Å². The van der Waals surface area contributed by atoms with Crippen molar-refractivity contribution in [2.75, 3.05) is 49.0 Å². The molecule has 1 N–H and O–H groups in total. The topological polar surface area (TPSA) is 49.3 Å². The minimum Gasteiger partial charge on any atom is -0.497 e. The van der Waals surface area contributed by atoms with Gasteiger partial charge in [0.1, 0.15) is 11.5 Å². The molecule has 0 saturated carbocycles. The van der Waals surface area contributed by atoms with Crippen LogP contribution in [0.4, 0.5) is 0 Å². The first-order valence-corrected chi connectivity index (χ1v) is 9.34. The van der Waals surface area contributed by atoms with Gasteiger partial charge < -0.3 is 24.6 Å². The smallest absolute Gasteiger partial charge is 0.193 e. The highest BCUT2D eigenvalue weighted by Crippen LogP contribution is 2.27. The number of hydrogen-bond donors (Lipinski definition) is 1. The molecule has 6 nitrogen and oxygen atoms in total. The Hall–Kier alpha value is -2.00. The van der Waals surface area contributed by atoms with Crippen LogP contribution < -0.4 is 14.8 Å². The fraction of sp³-hybridized carbons (Fsp3) is 0.409. The van der Waals surface area contributed by atoms with E-state index in [2.05, 4.69) is 52.4 Å². The Morgan fingerprint density at radius 2 is 1.66 bits per heavy atom. The molecule has 1 unspecified atom stereocenters. The second-order valence-corrected chi connectivity index (χ2v) is 6.85. The molecule has 0 aliphatic carbocycles. The molecule has 2 aromatic carbocycles. The predicted octanol–water partition coefficient (Wildman–Crippen LogP) is 3.63. The lowest BCUT2D eigenvalue weighted by Crippen LogP contribution is -2.42. The Morgan fingerprint density at radius 3 is 2.21 bits per heavy atom. The van der Waals surface area contributed by atoms with E-state index in [1.165, 1.54) is 5.56 Å². The molecule has 0 heterocycles. The van der Waals surface area contributed by atoms with E-state index in [-0.39, 0.29) is 30.0 Å². The number of halogens is 1. The summed E-state index contributed by atoms with van der Waals surface area (Å²) in [5, 5.41) is 3.50. The average Bonchev–Trinajstić information content (AvgIpc) is 2.71. The van der Waals surface area contributed by atoms with Crippen LogP contribution in [0.2, 0.25) is 0 Å². The number of guanidine groups is 1. The third-order valence-electron chi connectivity index (χ3n) is 4.73. The summed E-state index contributed by atoms with van der Waals surface area (Å²) in [5.41, 5.74) is 2.34. The fourth-order valence-electron chi connectivity index (χ4n) is 3.16. The molecule has 1 atom stereocenters. The van der Waals surface area contributed by atoms with Gasteiger partial charge in [0, 0.05) is 32.7 Å². The number of hydrogen-bond acceptors (Lipinski definition) is 4. The number of nitrogens with zero attached hydrogens (tertiary/aromatic N) is 3. The van der Waals surface area contributed by atoms with Crippen LogP contribution in [-0.2, 0) is 6.54 Å². The van der Waals surface area contributed by atoms with Crippen LogP contribution in [-0.4, -0.2) is 64.7 Å². The molecule has 0 fully saturated rings. The zero-order chi connectivity index (χ0) is 20.5. The number of rotatable bonds is 8. The van der Waals surface area contributed by atoms with Crippen LogP contribution >= 0.6 is 24.0 Å². The van der Waals surface area contributed by atoms with Gasteiger partial charge >= 0.3 is 0 Å². The molecular formula is C22H33IN4O2. The van der Waals surface area contributed by atoms with E-state index >= 15 is 0 Å². The summed E-state index contributed by atoms with van der Waals surface area (Å²) in [6.07, 6.45) is 0. The largest absolute Gasteiger partial charge is 0.497 e. The van der Waals surface area contributed by atoms with E-state index in [4.69, 9.17) is 9.47 Å². The normalized spacial score (nSPS) is 12.2. The Balaban J connectivity index is 0.00000420. The van der Waals surface area contributed by atoms with E-state index in [0.29, 0.717) is 6.54 Å².